The van der Waals surface area contributed by atoms with Crippen LogP contribution in [-0.2, 0) is 4.74 Å². The Hall–Kier alpha value is -1.47. The first-order chi connectivity index (χ1) is 7.09. The van der Waals surface area contributed by atoms with Gasteiger partial charge in [-0.05, 0) is 0 Å². The van der Waals surface area contributed by atoms with Crippen molar-refractivity contribution in [2.75, 3.05) is 6.61 Å². The van der Waals surface area contributed by atoms with E-state index >= 15 is 0 Å². The molecular formula is C8H9FN2O4. The van der Waals surface area contributed by atoms with Gasteiger partial charge in [-0.3, -0.25) is 14.3 Å². The van der Waals surface area contributed by atoms with Crippen molar-refractivity contribution in [1.82, 2.24) is 9.55 Å². The number of nitrogens with one attached hydrogen (secondary N) is 1. The van der Waals surface area contributed by atoms with E-state index in [1.165, 1.54) is 0 Å². The van der Waals surface area contributed by atoms with Gasteiger partial charge in [0.05, 0.1) is 12.8 Å². The van der Waals surface area contributed by atoms with Crippen LogP contribution in [-0.4, -0.2) is 27.4 Å². The molecule has 0 bridgehead atoms. The largest absolute Gasteiger partial charge is 0.388 e. The Morgan fingerprint density at radius 1 is 1.60 bits per heavy atom. The zero-order chi connectivity index (χ0) is 11.0. The summed E-state index contributed by atoms with van der Waals surface area (Å²) in [4.78, 5) is 23.8. The summed E-state index contributed by atoms with van der Waals surface area (Å²) in [5, 5.41) is 9.43. The van der Waals surface area contributed by atoms with Gasteiger partial charge in [-0.25, -0.2) is 4.79 Å². The lowest BCUT2D eigenvalue weighted by Crippen LogP contribution is -2.36. The van der Waals surface area contributed by atoms with Crippen LogP contribution in [0.3, 0.4) is 0 Å². The molecule has 6 nitrogen and oxygen atoms in total. The van der Waals surface area contributed by atoms with Crippen LogP contribution in [0.1, 0.15) is 12.6 Å². The van der Waals surface area contributed by atoms with E-state index in [-0.39, 0.29) is 0 Å². The third-order valence-corrected chi connectivity index (χ3v) is 2.23. The molecule has 2 unspecified atom stereocenters. The minimum Gasteiger partial charge on any atom is -0.388 e. The molecule has 0 amide bonds. The van der Waals surface area contributed by atoms with E-state index in [0.29, 0.717) is 13.0 Å². The standard InChI is InChI=1S/C8H9FN2O4/c9-4-3-11(8(14)10-6(4)13)7-5(12)1-2-15-7/h3,5,7,12H,1-2H2,(H,10,13,14). The number of hydrogen-bond donors (Lipinski definition) is 2. The summed E-state index contributed by atoms with van der Waals surface area (Å²) in [6.45, 7) is 0.291. The highest BCUT2D eigenvalue weighted by Crippen LogP contribution is 2.21. The van der Waals surface area contributed by atoms with E-state index in [2.05, 4.69) is 0 Å². The molecule has 82 valence electrons. The Kier molecular flexibility index (Phi) is 2.41. The van der Waals surface area contributed by atoms with Crippen LogP contribution >= 0.6 is 0 Å². The van der Waals surface area contributed by atoms with Gasteiger partial charge >= 0.3 is 5.69 Å². The first-order valence-electron chi connectivity index (χ1n) is 4.40. The molecule has 1 saturated heterocycles. The number of rotatable bonds is 1. The van der Waals surface area contributed by atoms with Crippen LogP contribution in [0, 0.1) is 5.82 Å². The van der Waals surface area contributed by atoms with Crippen molar-refractivity contribution in [3.63, 3.8) is 0 Å². The molecule has 0 aromatic carbocycles. The van der Waals surface area contributed by atoms with Gasteiger partial charge in [-0.2, -0.15) is 4.39 Å². The van der Waals surface area contributed by atoms with E-state index < -0.39 is 29.4 Å². The van der Waals surface area contributed by atoms with Crippen LogP contribution in [0.4, 0.5) is 4.39 Å². The number of aromatic nitrogens is 2. The zero-order valence-electron chi connectivity index (χ0n) is 7.64. The summed E-state index contributed by atoms with van der Waals surface area (Å²) < 4.78 is 18.8. The smallest absolute Gasteiger partial charge is 0.330 e. The minimum atomic E-state index is -1.09. The summed E-state index contributed by atoms with van der Waals surface area (Å²) in [5.41, 5.74) is -1.88. The number of hydrogen-bond acceptors (Lipinski definition) is 4. The van der Waals surface area contributed by atoms with Crippen LogP contribution < -0.4 is 11.2 Å². The zero-order valence-corrected chi connectivity index (χ0v) is 7.64. The van der Waals surface area contributed by atoms with Gasteiger partial charge in [-0.1, -0.05) is 0 Å². The van der Waals surface area contributed by atoms with Crippen molar-refractivity contribution in [3.8, 4) is 0 Å². The molecule has 2 rings (SSSR count). The first-order valence-corrected chi connectivity index (χ1v) is 4.40. The maximum Gasteiger partial charge on any atom is 0.330 e. The highest BCUT2D eigenvalue weighted by atomic mass is 19.1. The predicted octanol–water partition coefficient (Wildman–Crippen LogP) is -1.04. The fraction of sp³-hybridized carbons (Fsp3) is 0.500. The molecule has 2 heterocycles. The van der Waals surface area contributed by atoms with Crippen molar-refractivity contribution in [1.29, 1.82) is 0 Å². The van der Waals surface area contributed by atoms with E-state index in [4.69, 9.17) is 4.74 Å². The number of H-pyrrole nitrogens is 1. The normalized spacial score (nSPS) is 25.7. The Morgan fingerprint density at radius 3 is 2.93 bits per heavy atom. The van der Waals surface area contributed by atoms with Gasteiger partial charge < -0.3 is 9.84 Å². The molecule has 0 spiro atoms. The monoisotopic (exact) mass is 216 g/mol. The van der Waals surface area contributed by atoms with E-state index in [1.54, 1.807) is 4.98 Å². The number of ether oxygens (including phenoxy) is 1. The summed E-state index contributed by atoms with van der Waals surface area (Å²) in [5.74, 6) is -1.09. The number of aromatic amines is 1. The molecule has 1 aromatic rings. The highest BCUT2D eigenvalue weighted by Gasteiger charge is 2.29. The van der Waals surface area contributed by atoms with Gasteiger partial charge in [-0.15, -0.1) is 0 Å². The molecule has 2 N–H and O–H groups in total. The second kappa shape index (κ2) is 3.59. The van der Waals surface area contributed by atoms with Crippen molar-refractivity contribution in [3.05, 3.63) is 32.9 Å². The molecule has 2 atom stereocenters. The third kappa shape index (κ3) is 1.71. The number of halogens is 1. The van der Waals surface area contributed by atoms with Gasteiger partial charge in [0, 0.05) is 6.42 Å². The maximum absolute atomic E-state index is 12.9. The topological polar surface area (TPSA) is 84.3 Å². The van der Waals surface area contributed by atoms with Gasteiger partial charge in [0.15, 0.2) is 6.23 Å². The quantitative estimate of drug-likeness (QED) is 0.627. The fourth-order valence-electron chi connectivity index (χ4n) is 1.48. The van der Waals surface area contributed by atoms with Gasteiger partial charge in [0.1, 0.15) is 6.10 Å². The van der Waals surface area contributed by atoms with Crippen LogP contribution in [0.5, 0.6) is 0 Å². The van der Waals surface area contributed by atoms with Crippen LogP contribution in [0.2, 0.25) is 0 Å². The SMILES string of the molecule is O=c1[nH]c(=O)n(C2OCCC2O)cc1F. The second-order valence-electron chi connectivity index (χ2n) is 3.26. The predicted molar refractivity (Wildman–Crippen MR) is 46.9 cm³/mol. The lowest BCUT2D eigenvalue weighted by Gasteiger charge is -2.15. The fourth-order valence-corrected chi connectivity index (χ4v) is 1.48. The van der Waals surface area contributed by atoms with Gasteiger partial charge in [0.25, 0.3) is 5.56 Å². The molecule has 1 aliphatic rings. The van der Waals surface area contributed by atoms with Crippen molar-refractivity contribution in [2.24, 2.45) is 0 Å². The number of nitrogens with zero attached hydrogens (tertiary/aromatic N) is 1. The van der Waals surface area contributed by atoms with Crippen molar-refractivity contribution in [2.45, 2.75) is 18.8 Å². The number of aliphatic hydroxyl groups excluding tert-OH is 1. The molecule has 1 aromatic heterocycles. The molecule has 1 fully saturated rings. The first kappa shape index (κ1) is 10.1. The molecule has 1 aliphatic heterocycles. The van der Waals surface area contributed by atoms with E-state index in [0.717, 1.165) is 10.8 Å². The third-order valence-electron chi connectivity index (χ3n) is 2.23. The summed E-state index contributed by atoms with van der Waals surface area (Å²) >= 11 is 0. The molecule has 0 radical (unpaired) electrons. The molecule has 15 heavy (non-hydrogen) atoms. The van der Waals surface area contributed by atoms with Crippen LogP contribution in [0.25, 0.3) is 0 Å². The lowest BCUT2D eigenvalue weighted by molar-refractivity contribution is -0.0125. The van der Waals surface area contributed by atoms with E-state index in [9.17, 15) is 19.1 Å². The number of aliphatic hydroxyl groups is 1. The summed E-state index contributed by atoms with van der Waals surface area (Å²) in [7, 11) is 0. The van der Waals surface area contributed by atoms with Gasteiger partial charge in [0.2, 0.25) is 5.82 Å². The molecular weight excluding hydrogens is 207 g/mol. The summed E-state index contributed by atoms with van der Waals surface area (Å²) in [6, 6.07) is 0. The summed E-state index contributed by atoms with van der Waals surface area (Å²) in [6.07, 6.45) is -0.685. The molecule has 0 saturated carbocycles. The average molecular weight is 216 g/mol. The highest BCUT2D eigenvalue weighted by molar-refractivity contribution is 4.90. The minimum absolute atomic E-state index is 0.291. The van der Waals surface area contributed by atoms with Crippen molar-refractivity contribution >= 4 is 0 Å². The molecule has 7 heteroatoms. The molecule has 0 aliphatic carbocycles. The van der Waals surface area contributed by atoms with Crippen LogP contribution in [0.15, 0.2) is 15.8 Å². The Bertz CT molecular complexity index is 480. The Morgan fingerprint density at radius 2 is 2.33 bits per heavy atom. The van der Waals surface area contributed by atoms with Crippen molar-refractivity contribution < 1.29 is 14.2 Å². The average Bonchev–Trinajstić information content (AvgIpc) is 2.58. The second-order valence-corrected chi connectivity index (χ2v) is 3.26. The Labute approximate surface area is 82.9 Å². The Balaban J connectivity index is 2.48. The van der Waals surface area contributed by atoms with E-state index in [1.807, 2.05) is 0 Å². The maximum atomic E-state index is 12.9. The lowest BCUT2D eigenvalue weighted by atomic mass is 10.3.